The van der Waals surface area contributed by atoms with Gasteiger partial charge in [-0.1, -0.05) is 48.0 Å². The maximum atomic E-state index is 12.7. The van der Waals surface area contributed by atoms with Crippen LogP contribution < -0.4 is 0 Å². The fourth-order valence-electron chi connectivity index (χ4n) is 3.07. The SMILES string of the molecule is CC(=CC(=O)N1CCN(S(=O)(=O)c2ccc(C)cc2)CC1)c1ccccc1. The molecule has 1 aliphatic rings. The van der Waals surface area contributed by atoms with E-state index in [0.29, 0.717) is 31.1 Å². The largest absolute Gasteiger partial charge is 0.337 e. The molecule has 0 aliphatic carbocycles. The van der Waals surface area contributed by atoms with Gasteiger partial charge < -0.3 is 4.90 Å². The normalized spacial score (nSPS) is 16.4. The van der Waals surface area contributed by atoms with Crippen LogP contribution in [0, 0.1) is 6.92 Å². The number of carbonyl (C=O) groups excluding carboxylic acids is 1. The lowest BCUT2D eigenvalue weighted by atomic mass is 10.1. The van der Waals surface area contributed by atoms with Crippen LogP contribution in [0.4, 0.5) is 0 Å². The van der Waals surface area contributed by atoms with E-state index in [4.69, 9.17) is 0 Å². The van der Waals surface area contributed by atoms with E-state index in [1.807, 2.05) is 44.2 Å². The third-order valence-electron chi connectivity index (χ3n) is 4.78. The second-order valence-electron chi connectivity index (χ2n) is 6.74. The first kappa shape index (κ1) is 19.3. The highest BCUT2D eigenvalue weighted by Gasteiger charge is 2.29. The average Bonchev–Trinajstić information content (AvgIpc) is 2.69. The highest BCUT2D eigenvalue weighted by molar-refractivity contribution is 7.89. The minimum absolute atomic E-state index is 0.0799. The van der Waals surface area contributed by atoms with Crippen molar-refractivity contribution in [2.75, 3.05) is 26.2 Å². The van der Waals surface area contributed by atoms with Crippen LogP contribution in [0.15, 0.2) is 65.6 Å². The van der Waals surface area contributed by atoms with Crippen LogP contribution in [-0.2, 0) is 14.8 Å². The number of rotatable bonds is 4. The van der Waals surface area contributed by atoms with Crippen LogP contribution in [0.5, 0.6) is 0 Å². The summed E-state index contributed by atoms with van der Waals surface area (Å²) in [5.41, 5.74) is 2.92. The van der Waals surface area contributed by atoms with Gasteiger partial charge in [0, 0.05) is 32.3 Å². The summed E-state index contributed by atoms with van der Waals surface area (Å²) in [7, 11) is -3.51. The van der Waals surface area contributed by atoms with Crippen molar-refractivity contribution in [3.05, 3.63) is 71.8 Å². The minimum atomic E-state index is -3.51. The molecule has 0 spiro atoms. The Hall–Kier alpha value is -2.44. The monoisotopic (exact) mass is 384 g/mol. The Morgan fingerprint density at radius 2 is 1.52 bits per heavy atom. The molecule has 1 amide bonds. The van der Waals surface area contributed by atoms with Gasteiger partial charge >= 0.3 is 0 Å². The first-order valence-corrected chi connectivity index (χ1v) is 10.4. The molecule has 142 valence electrons. The lowest BCUT2D eigenvalue weighted by molar-refractivity contribution is -0.127. The molecule has 0 aromatic heterocycles. The number of hydrogen-bond donors (Lipinski definition) is 0. The Kier molecular flexibility index (Phi) is 5.77. The lowest BCUT2D eigenvalue weighted by Crippen LogP contribution is -2.50. The molecular weight excluding hydrogens is 360 g/mol. The van der Waals surface area contributed by atoms with E-state index in [0.717, 1.165) is 16.7 Å². The molecule has 1 fully saturated rings. The zero-order chi connectivity index (χ0) is 19.4. The lowest BCUT2D eigenvalue weighted by Gasteiger charge is -2.33. The van der Waals surface area contributed by atoms with Crippen molar-refractivity contribution in [3.63, 3.8) is 0 Å². The van der Waals surface area contributed by atoms with E-state index >= 15 is 0 Å². The maximum absolute atomic E-state index is 12.7. The average molecular weight is 385 g/mol. The van der Waals surface area contributed by atoms with Crippen LogP contribution in [0.25, 0.3) is 5.57 Å². The molecule has 0 saturated carbocycles. The van der Waals surface area contributed by atoms with Crippen LogP contribution in [-0.4, -0.2) is 49.7 Å². The number of hydrogen-bond acceptors (Lipinski definition) is 3. The smallest absolute Gasteiger partial charge is 0.246 e. The van der Waals surface area contributed by atoms with Gasteiger partial charge in [0.05, 0.1) is 4.90 Å². The van der Waals surface area contributed by atoms with Crippen LogP contribution >= 0.6 is 0 Å². The standard InChI is InChI=1S/C21H24N2O3S/c1-17-8-10-20(11-9-17)27(25,26)23-14-12-22(13-15-23)21(24)16-18(2)19-6-4-3-5-7-19/h3-11,16H,12-15H2,1-2H3. The van der Waals surface area contributed by atoms with Crippen LogP contribution in [0.3, 0.4) is 0 Å². The molecule has 2 aromatic carbocycles. The predicted molar refractivity (Wildman–Crippen MR) is 107 cm³/mol. The van der Waals surface area contributed by atoms with Crippen LogP contribution in [0.1, 0.15) is 18.1 Å². The van der Waals surface area contributed by atoms with E-state index < -0.39 is 10.0 Å². The Bertz CT molecular complexity index is 927. The van der Waals surface area contributed by atoms with Gasteiger partial charge in [0.25, 0.3) is 0 Å². The zero-order valence-corrected chi connectivity index (χ0v) is 16.4. The Balaban J connectivity index is 1.64. The van der Waals surface area contributed by atoms with Crippen molar-refractivity contribution in [1.29, 1.82) is 0 Å². The molecule has 5 nitrogen and oxygen atoms in total. The van der Waals surface area contributed by atoms with Gasteiger partial charge in [-0.3, -0.25) is 4.79 Å². The van der Waals surface area contributed by atoms with Crippen molar-refractivity contribution in [2.24, 2.45) is 0 Å². The molecule has 27 heavy (non-hydrogen) atoms. The van der Waals surface area contributed by atoms with E-state index in [9.17, 15) is 13.2 Å². The molecule has 1 saturated heterocycles. The molecule has 0 unspecified atom stereocenters. The molecule has 0 atom stereocenters. The number of allylic oxidation sites excluding steroid dienone is 1. The van der Waals surface area contributed by atoms with Gasteiger partial charge in [-0.15, -0.1) is 0 Å². The summed E-state index contributed by atoms with van der Waals surface area (Å²) >= 11 is 0. The fraction of sp³-hybridized carbons (Fsp3) is 0.286. The molecule has 3 rings (SSSR count). The van der Waals surface area contributed by atoms with E-state index in [-0.39, 0.29) is 5.91 Å². The summed E-state index contributed by atoms with van der Waals surface area (Å²) in [6.45, 7) is 5.22. The predicted octanol–water partition coefficient (Wildman–Crippen LogP) is 2.93. The zero-order valence-electron chi connectivity index (χ0n) is 15.6. The van der Waals surface area contributed by atoms with E-state index in [1.54, 1.807) is 35.2 Å². The summed E-state index contributed by atoms with van der Waals surface area (Å²) in [5.74, 6) is -0.0799. The second kappa shape index (κ2) is 8.06. The first-order chi connectivity index (χ1) is 12.9. The van der Waals surface area contributed by atoms with Gasteiger partial charge in [0.2, 0.25) is 15.9 Å². The fourth-order valence-corrected chi connectivity index (χ4v) is 4.49. The molecule has 1 aliphatic heterocycles. The van der Waals surface area contributed by atoms with Crippen molar-refractivity contribution in [1.82, 2.24) is 9.21 Å². The Labute approximate surface area is 161 Å². The molecular formula is C21H24N2O3S. The summed E-state index contributed by atoms with van der Waals surface area (Å²) < 4.78 is 27.0. The molecule has 2 aromatic rings. The number of benzene rings is 2. The van der Waals surface area contributed by atoms with Gasteiger partial charge in [0.15, 0.2) is 0 Å². The summed E-state index contributed by atoms with van der Waals surface area (Å²) in [6.07, 6.45) is 1.62. The second-order valence-corrected chi connectivity index (χ2v) is 8.67. The Morgan fingerprint density at radius 1 is 0.926 bits per heavy atom. The van der Waals surface area contributed by atoms with E-state index in [1.165, 1.54) is 4.31 Å². The number of nitrogens with zero attached hydrogens (tertiary/aromatic N) is 2. The number of sulfonamides is 1. The van der Waals surface area contributed by atoms with Gasteiger partial charge in [-0.25, -0.2) is 8.42 Å². The Morgan fingerprint density at radius 3 is 2.11 bits per heavy atom. The summed E-state index contributed by atoms with van der Waals surface area (Å²) in [5, 5.41) is 0. The van der Waals surface area contributed by atoms with Crippen molar-refractivity contribution in [2.45, 2.75) is 18.7 Å². The first-order valence-electron chi connectivity index (χ1n) is 8.97. The quantitative estimate of drug-likeness (QED) is 0.762. The number of carbonyl (C=O) groups is 1. The van der Waals surface area contributed by atoms with Crippen molar-refractivity contribution in [3.8, 4) is 0 Å². The third-order valence-corrected chi connectivity index (χ3v) is 6.69. The highest BCUT2D eigenvalue weighted by atomic mass is 32.2. The third kappa shape index (κ3) is 4.46. The summed E-state index contributed by atoms with van der Waals surface area (Å²) in [6, 6.07) is 16.6. The molecule has 0 bridgehead atoms. The highest BCUT2D eigenvalue weighted by Crippen LogP contribution is 2.19. The van der Waals surface area contributed by atoms with E-state index in [2.05, 4.69) is 0 Å². The topological polar surface area (TPSA) is 57.7 Å². The van der Waals surface area contributed by atoms with Gasteiger partial charge in [-0.05, 0) is 37.1 Å². The number of aryl methyl sites for hydroxylation is 1. The molecule has 0 N–H and O–H groups in total. The maximum Gasteiger partial charge on any atom is 0.246 e. The summed E-state index contributed by atoms with van der Waals surface area (Å²) in [4.78, 5) is 14.5. The molecule has 1 heterocycles. The minimum Gasteiger partial charge on any atom is -0.337 e. The number of piperazine rings is 1. The van der Waals surface area contributed by atoms with Crippen molar-refractivity contribution < 1.29 is 13.2 Å². The molecule has 6 heteroatoms. The molecule has 0 radical (unpaired) electrons. The number of amides is 1. The van der Waals surface area contributed by atoms with Crippen molar-refractivity contribution >= 4 is 21.5 Å². The van der Waals surface area contributed by atoms with Crippen LogP contribution in [0.2, 0.25) is 0 Å². The van der Waals surface area contributed by atoms with Gasteiger partial charge in [-0.2, -0.15) is 4.31 Å². The van der Waals surface area contributed by atoms with Gasteiger partial charge in [0.1, 0.15) is 0 Å².